The van der Waals surface area contributed by atoms with Crippen LogP contribution in [0, 0.1) is 0 Å². The van der Waals surface area contributed by atoms with E-state index in [1.54, 1.807) is 24.8 Å². The molecule has 18 heavy (non-hydrogen) atoms. The summed E-state index contributed by atoms with van der Waals surface area (Å²) in [6.45, 7) is 1.16. The molecule has 94 valence electrons. The zero-order valence-corrected chi connectivity index (χ0v) is 11.1. The number of imidazole rings is 1. The van der Waals surface area contributed by atoms with Gasteiger partial charge in [0.1, 0.15) is 5.82 Å². The normalized spacial score (nSPS) is 10.3. The van der Waals surface area contributed by atoms with Gasteiger partial charge >= 0.3 is 0 Å². The summed E-state index contributed by atoms with van der Waals surface area (Å²) in [7, 11) is 0. The third kappa shape index (κ3) is 3.07. The summed E-state index contributed by atoms with van der Waals surface area (Å²) in [5.41, 5.74) is 6.02. The van der Waals surface area contributed by atoms with Gasteiger partial charge in [0.05, 0.1) is 11.9 Å². The van der Waals surface area contributed by atoms with Gasteiger partial charge < -0.3 is 15.6 Å². The molecule has 0 unspecified atom stereocenters. The second kappa shape index (κ2) is 5.63. The molecule has 0 aliphatic rings. The first-order valence-electron chi connectivity index (χ1n) is 5.32. The van der Waals surface area contributed by atoms with E-state index in [2.05, 4.69) is 31.2 Å². The molecule has 0 aromatic carbocycles. The van der Waals surface area contributed by atoms with E-state index in [1.807, 2.05) is 10.8 Å². The van der Waals surface area contributed by atoms with Crippen molar-refractivity contribution in [3.05, 3.63) is 41.0 Å². The molecule has 2 rings (SSSR count). The second-order valence-electron chi connectivity index (χ2n) is 3.64. The van der Waals surface area contributed by atoms with E-state index in [4.69, 9.17) is 5.73 Å². The fourth-order valence-corrected chi connectivity index (χ4v) is 1.78. The Labute approximate surface area is 112 Å². The lowest BCUT2D eigenvalue weighted by Crippen LogP contribution is -2.28. The van der Waals surface area contributed by atoms with Gasteiger partial charge in [0.15, 0.2) is 0 Å². The molecule has 0 spiro atoms. The minimum absolute atomic E-state index is 0.221. The van der Waals surface area contributed by atoms with Gasteiger partial charge in [-0.2, -0.15) is 0 Å². The van der Waals surface area contributed by atoms with Gasteiger partial charge in [-0.05, 0) is 22.0 Å². The maximum Gasteiger partial charge on any atom is 0.255 e. The van der Waals surface area contributed by atoms with Crippen molar-refractivity contribution in [3.63, 3.8) is 0 Å². The Morgan fingerprint density at radius 2 is 2.39 bits per heavy atom. The molecule has 0 bridgehead atoms. The van der Waals surface area contributed by atoms with E-state index in [0.717, 1.165) is 4.47 Å². The Morgan fingerprint density at radius 1 is 1.56 bits per heavy atom. The fraction of sp³-hybridized carbons (Fsp3) is 0.182. The molecule has 0 aliphatic carbocycles. The number of hydrogen-bond acceptors (Lipinski definition) is 4. The Morgan fingerprint density at radius 3 is 3.11 bits per heavy atom. The van der Waals surface area contributed by atoms with Crippen molar-refractivity contribution in [1.82, 2.24) is 19.9 Å². The molecule has 0 aliphatic heterocycles. The Balaban J connectivity index is 1.93. The van der Waals surface area contributed by atoms with E-state index in [1.165, 1.54) is 0 Å². The molecule has 7 heteroatoms. The molecule has 3 N–H and O–H groups in total. The number of carbonyl (C=O) groups excluding carboxylic acids is 1. The van der Waals surface area contributed by atoms with Gasteiger partial charge in [-0.1, -0.05) is 0 Å². The highest BCUT2D eigenvalue weighted by Crippen LogP contribution is 2.15. The summed E-state index contributed by atoms with van der Waals surface area (Å²) < 4.78 is 2.60. The molecule has 2 heterocycles. The van der Waals surface area contributed by atoms with Crippen molar-refractivity contribution in [2.75, 3.05) is 12.3 Å². The summed E-state index contributed by atoms with van der Waals surface area (Å²) in [4.78, 5) is 19.7. The van der Waals surface area contributed by atoms with E-state index in [-0.39, 0.29) is 11.7 Å². The fourth-order valence-electron chi connectivity index (χ4n) is 1.44. The summed E-state index contributed by atoms with van der Waals surface area (Å²) >= 11 is 3.25. The zero-order chi connectivity index (χ0) is 13.0. The van der Waals surface area contributed by atoms with Gasteiger partial charge in [-0.15, -0.1) is 0 Å². The first kappa shape index (κ1) is 12.6. The zero-order valence-electron chi connectivity index (χ0n) is 9.51. The number of carbonyl (C=O) groups is 1. The summed E-state index contributed by atoms with van der Waals surface area (Å²) in [5.74, 6) is -0.0141. The van der Waals surface area contributed by atoms with Gasteiger partial charge in [0.25, 0.3) is 5.91 Å². The second-order valence-corrected chi connectivity index (χ2v) is 4.56. The number of rotatable bonds is 4. The van der Waals surface area contributed by atoms with Gasteiger partial charge in [0.2, 0.25) is 0 Å². The Kier molecular flexibility index (Phi) is 3.93. The third-order valence-electron chi connectivity index (χ3n) is 2.34. The highest BCUT2D eigenvalue weighted by atomic mass is 79.9. The number of nitrogen functional groups attached to an aromatic ring is 1. The minimum atomic E-state index is -0.235. The molecule has 2 aromatic rings. The molecule has 0 saturated heterocycles. The molecule has 0 fully saturated rings. The average Bonchev–Trinajstić information content (AvgIpc) is 2.85. The van der Waals surface area contributed by atoms with E-state index in [9.17, 15) is 4.79 Å². The van der Waals surface area contributed by atoms with Crippen LogP contribution in [0.5, 0.6) is 0 Å². The molecule has 1 amide bonds. The molecule has 6 nitrogen and oxygen atoms in total. The first-order valence-corrected chi connectivity index (χ1v) is 6.11. The van der Waals surface area contributed by atoms with Crippen molar-refractivity contribution in [2.45, 2.75) is 6.54 Å². The summed E-state index contributed by atoms with van der Waals surface area (Å²) in [5, 5.41) is 2.78. The number of pyridine rings is 1. The van der Waals surface area contributed by atoms with Crippen LogP contribution in [0.3, 0.4) is 0 Å². The lowest BCUT2D eigenvalue weighted by Gasteiger charge is -2.07. The van der Waals surface area contributed by atoms with Crippen molar-refractivity contribution < 1.29 is 4.79 Å². The van der Waals surface area contributed by atoms with Gasteiger partial charge in [-0.3, -0.25) is 4.79 Å². The predicted molar refractivity (Wildman–Crippen MR) is 70.9 cm³/mol. The molecule has 2 aromatic heterocycles. The quantitative estimate of drug-likeness (QED) is 0.884. The maximum atomic E-state index is 11.9. The van der Waals surface area contributed by atoms with Gasteiger partial charge in [-0.25, -0.2) is 9.97 Å². The van der Waals surface area contributed by atoms with Crippen LogP contribution in [0.25, 0.3) is 0 Å². The van der Waals surface area contributed by atoms with E-state index in [0.29, 0.717) is 18.7 Å². The van der Waals surface area contributed by atoms with Crippen LogP contribution in [0.2, 0.25) is 0 Å². The standard InChI is InChI=1S/C11H12BrN5O/c12-8-5-9(10(13)16-6-8)11(18)15-2-4-17-3-1-14-7-17/h1,3,5-7H,2,4H2,(H2,13,16)(H,15,18). The maximum absolute atomic E-state index is 11.9. The number of nitrogens with zero attached hydrogens (tertiary/aromatic N) is 3. The molecular weight excluding hydrogens is 298 g/mol. The third-order valence-corrected chi connectivity index (χ3v) is 2.78. The van der Waals surface area contributed by atoms with Crippen LogP contribution in [0.4, 0.5) is 5.82 Å². The number of aromatic nitrogens is 3. The number of anilines is 1. The van der Waals surface area contributed by atoms with E-state index < -0.39 is 0 Å². The molecule has 0 saturated carbocycles. The number of hydrogen-bond donors (Lipinski definition) is 2. The first-order chi connectivity index (χ1) is 8.66. The monoisotopic (exact) mass is 309 g/mol. The van der Waals surface area contributed by atoms with Crippen molar-refractivity contribution in [1.29, 1.82) is 0 Å². The summed E-state index contributed by atoms with van der Waals surface area (Å²) in [6, 6.07) is 1.65. The smallest absolute Gasteiger partial charge is 0.255 e. The Hall–Kier alpha value is -1.89. The molecular formula is C11H12BrN5O. The predicted octanol–water partition coefficient (Wildman–Crippen LogP) is 1.05. The molecule has 0 radical (unpaired) electrons. The highest BCUT2D eigenvalue weighted by molar-refractivity contribution is 9.10. The van der Waals surface area contributed by atoms with Crippen LogP contribution < -0.4 is 11.1 Å². The van der Waals surface area contributed by atoms with Crippen molar-refractivity contribution in [2.24, 2.45) is 0 Å². The van der Waals surface area contributed by atoms with Gasteiger partial charge in [0, 0.05) is 36.2 Å². The van der Waals surface area contributed by atoms with Crippen LogP contribution in [0.1, 0.15) is 10.4 Å². The van der Waals surface area contributed by atoms with Crippen LogP contribution >= 0.6 is 15.9 Å². The number of nitrogens with one attached hydrogen (secondary N) is 1. The van der Waals surface area contributed by atoms with Crippen LogP contribution in [-0.4, -0.2) is 27.0 Å². The SMILES string of the molecule is Nc1ncc(Br)cc1C(=O)NCCn1ccnc1. The summed E-state index contributed by atoms with van der Waals surface area (Å²) in [6.07, 6.45) is 6.78. The van der Waals surface area contributed by atoms with E-state index >= 15 is 0 Å². The minimum Gasteiger partial charge on any atom is -0.383 e. The number of amides is 1. The lowest BCUT2D eigenvalue weighted by molar-refractivity contribution is 0.0953. The lowest BCUT2D eigenvalue weighted by atomic mass is 10.2. The molecule has 0 atom stereocenters. The Bertz CT molecular complexity index is 540. The number of nitrogens with two attached hydrogens (primary N) is 1. The topological polar surface area (TPSA) is 85.8 Å². The van der Waals surface area contributed by atoms with Crippen molar-refractivity contribution >= 4 is 27.7 Å². The highest BCUT2D eigenvalue weighted by Gasteiger charge is 2.10. The largest absolute Gasteiger partial charge is 0.383 e. The number of halogens is 1. The van der Waals surface area contributed by atoms with Crippen LogP contribution in [-0.2, 0) is 6.54 Å². The van der Waals surface area contributed by atoms with Crippen LogP contribution in [0.15, 0.2) is 35.5 Å². The van der Waals surface area contributed by atoms with Crippen molar-refractivity contribution in [3.8, 4) is 0 Å². The average molecular weight is 310 g/mol.